The van der Waals surface area contributed by atoms with Crippen LogP contribution in [0.5, 0.6) is 0 Å². The topological polar surface area (TPSA) is 52.7 Å². The fraction of sp³-hybridized carbons (Fsp3) is 0.200. The molecule has 0 atom stereocenters. The lowest BCUT2D eigenvalue weighted by Crippen LogP contribution is -2.48. The van der Waals surface area contributed by atoms with Gasteiger partial charge >= 0.3 is 0 Å². The van der Waals surface area contributed by atoms with E-state index in [9.17, 15) is 14.0 Å². The molecule has 0 unspecified atom stereocenters. The maximum absolute atomic E-state index is 13.9. The van der Waals surface area contributed by atoms with Crippen LogP contribution >= 0.6 is 0 Å². The fourth-order valence-electron chi connectivity index (χ4n) is 3.73. The second-order valence-electron chi connectivity index (χ2n) is 7.53. The number of hydrogen-bond donors (Lipinski definition) is 1. The van der Waals surface area contributed by atoms with Crippen LogP contribution < -0.4 is 5.32 Å². The van der Waals surface area contributed by atoms with Gasteiger partial charge < -0.3 is 10.2 Å². The van der Waals surface area contributed by atoms with Crippen LogP contribution in [-0.4, -0.2) is 47.8 Å². The third-order valence-corrected chi connectivity index (χ3v) is 5.43. The number of hydrogen-bond acceptors (Lipinski definition) is 3. The molecule has 158 valence electrons. The van der Waals surface area contributed by atoms with Crippen LogP contribution in [0.2, 0.25) is 0 Å². The number of halogens is 1. The molecule has 0 aliphatic carbocycles. The van der Waals surface area contributed by atoms with Crippen molar-refractivity contribution in [2.75, 3.05) is 31.5 Å². The number of benzene rings is 3. The van der Waals surface area contributed by atoms with Crippen LogP contribution in [0.3, 0.4) is 0 Å². The van der Waals surface area contributed by atoms with Crippen LogP contribution in [0.25, 0.3) is 0 Å². The summed E-state index contributed by atoms with van der Waals surface area (Å²) in [7, 11) is 0. The lowest BCUT2D eigenvalue weighted by Gasteiger charge is -2.35. The van der Waals surface area contributed by atoms with Gasteiger partial charge in [-0.3, -0.25) is 14.5 Å². The van der Waals surface area contributed by atoms with Crippen molar-refractivity contribution in [1.82, 2.24) is 9.80 Å². The Kier molecular flexibility index (Phi) is 6.38. The molecule has 3 aromatic rings. The van der Waals surface area contributed by atoms with Crippen molar-refractivity contribution >= 4 is 17.5 Å². The monoisotopic (exact) mass is 417 g/mol. The van der Waals surface area contributed by atoms with E-state index >= 15 is 0 Å². The van der Waals surface area contributed by atoms with E-state index in [0.717, 1.165) is 19.6 Å². The largest absolute Gasteiger partial charge is 0.336 e. The van der Waals surface area contributed by atoms with Gasteiger partial charge in [0.2, 0.25) is 0 Å². The molecular weight excluding hydrogens is 393 g/mol. The highest BCUT2D eigenvalue weighted by Crippen LogP contribution is 2.20. The van der Waals surface area contributed by atoms with Crippen molar-refractivity contribution in [2.24, 2.45) is 0 Å². The molecule has 0 radical (unpaired) electrons. The first-order valence-corrected chi connectivity index (χ1v) is 10.3. The van der Waals surface area contributed by atoms with Crippen LogP contribution in [-0.2, 0) is 6.54 Å². The summed E-state index contributed by atoms with van der Waals surface area (Å²) in [6.45, 7) is 3.65. The molecule has 0 spiro atoms. The molecule has 31 heavy (non-hydrogen) atoms. The van der Waals surface area contributed by atoms with Gasteiger partial charge in [0.1, 0.15) is 5.82 Å². The van der Waals surface area contributed by atoms with Gasteiger partial charge in [0.05, 0.1) is 16.8 Å². The van der Waals surface area contributed by atoms with Gasteiger partial charge in [-0.25, -0.2) is 4.39 Å². The summed E-state index contributed by atoms with van der Waals surface area (Å²) in [5.41, 5.74) is 1.99. The summed E-state index contributed by atoms with van der Waals surface area (Å²) < 4.78 is 13.9. The quantitative estimate of drug-likeness (QED) is 0.682. The predicted molar refractivity (Wildman–Crippen MR) is 118 cm³/mol. The zero-order valence-corrected chi connectivity index (χ0v) is 17.1. The van der Waals surface area contributed by atoms with Crippen molar-refractivity contribution < 1.29 is 14.0 Å². The average molecular weight is 417 g/mol. The van der Waals surface area contributed by atoms with E-state index in [-0.39, 0.29) is 11.5 Å². The Labute approximate surface area is 181 Å². The smallest absolute Gasteiger partial charge is 0.258 e. The molecule has 1 fully saturated rings. The van der Waals surface area contributed by atoms with Crippen molar-refractivity contribution in [3.05, 3.63) is 101 Å². The molecule has 6 heteroatoms. The van der Waals surface area contributed by atoms with E-state index in [0.29, 0.717) is 24.3 Å². The second kappa shape index (κ2) is 9.53. The number of nitrogens with zero attached hydrogens (tertiary/aromatic N) is 2. The van der Waals surface area contributed by atoms with E-state index in [2.05, 4.69) is 22.3 Å². The maximum atomic E-state index is 13.9. The molecule has 1 aliphatic heterocycles. The summed E-state index contributed by atoms with van der Waals surface area (Å²) in [5, 5.41) is 2.69. The van der Waals surface area contributed by atoms with Gasteiger partial charge in [0.25, 0.3) is 11.8 Å². The summed E-state index contributed by atoms with van der Waals surface area (Å²) in [4.78, 5) is 29.8. The Morgan fingerprint density at radius 3 is 2.10 bits per heavy atom. The summed E-state index contributed by atoms with van der Waals surface area (Å²) in [6.07, 6.45) is 0. The Morgan fingerprint density at radius 1 is 0.774 bits per heavy atom. The van der Waals surface area contributed by atoms with Gasteiger partial charge in [-0.05, 0) is 29.8 Å². The minimum absolute atomic E-state index is 0.0562. The van der Waals surface area contributed by atoms with E-state index in [1.54, 1.807) is 35.2 Å². The number of para-hydroxylation sites is 1. The molecule has 1 aliphatic rings. The molecule has 3 aromatic carbocycles. The molecular formula is C25H24FN3O2. The molecule has 1 heterocycles. The zero-order chi connectivity index (χ0) is 21.6. The van der Waals surface area contributed by atoms with Crippen molar-refractivity contribution in [1.29, 1.82) is 0 Å². The molecule has 1 saturated heterocycles. The maximum Gasteiger partial charge on any atom is 0.258 e. The van der Waals surface area contributed by atoms with Crippen molar-refractivity contribution in [2.45, 2.75) is 6.54 Å². The van der Waals surface area contributed by atoms with E-state index < -0.39 is 11.7 Å². The molecule has 0 bridgehead atoms. The number of nitrogens with one attached hydrogen (secondary N) is 1. The van der Waals surface area contributed by atoms with Crippen LogP contribution in [0.1, 0.15) is 26.3 Å². The SMILES string of the molecule is O=C(Nc1ccccc1C(=O)N1CCN(Cc2ccccc2)CC1)c1ccccc1F. The Hall–Kier alpha value is -3.51. The first kappa shape index (κ1) is 20.8. The van der Waals surface area contributed by atoms with Gasteiger partial charge in [-0.15, -0.1) is 0 Å². The Morgan fingerprint density at radius 2 is 1.39 bits per heavy atom. The highest BCUT2D eigenvalue weighted by Gasteiger charge is 2.24. The fourth-order valence-corrected chi connectivity index (χ4v) is 3.73. The highest BCUT2D eigenvalue weighted by molar-refractivity contribution is 6.09. The van der Waals surface area contributed by atoms with E-state index in [4.69, 9.17) is 0 Å². The number of carbonyl (C=O) groups is 2. The van der Waals surface area contributed by atoms with Crippen molar-refractivity contribution in [3.8, 4) is 0 Å². The van der Waals surface area contributed by atoms with Crippen molar-refractivity contribution in [3.63, 3.8) is 0 Å². The minimum atomic E-state index is -0.599. The molecule has 5 nitrogen and oxygen atoms in total. The molecule has 1 N–H and O–H groups in total. The third-order valence-electron chi connectivity index (χ3n) is 5.43. The molecule has 0 aromatic heterocycles. The lowest BCUT2D eigenvalue weighted by molar-refractivity contribution is 0.0629. The van der Waals surface area contributed by atoms with Crippen LogP contribution in [0, 0.1) is 5.82 Å². The van der Waals surface area contributed by atoms with Gasteiger partial charge in [0, 0.05) is 32.7 Å². The number of amides is 2. The number of carbonyl (C=O) groups excluding carboxylic acids is 2. The normalized spacial score (nSPS) is 14.3. The van der Waals surface area contributed by atoms with Crippen LogP contribution in [0.4, 0.5) is 10.1 Å². The number of anilines is 1. The predicted octanol–water partition coefficient (Wildman–Crippen LogP) is 4.04. The highest BCUT2D eigenvalue weighted by atomic mass is 19.1. The Balaban J connectivity index is 1.41. The van der Waals surface area contributed by atoms with E-state index in [1.165, 1.54) is 23.8 Å². The standard InChI is InChI=1S/C25H24FN3O2/c26-22-12-6-4-10-20(22)24(30)27-23-13-7-5-11-21(23)25(31)29-16-14-28(15-17-29)18-19-8-2-1-3-9-19/h1-13H,14-18H2,(H,27,30). The number of rotatable bonds is 5. The second-order valence-corrected chi connectivity index (χ2v) is 7.53. The molecule has 2 amide bonds. The summed E-state index contributed by atoms with van der Waals surface area (Å²) in [6, 6.07) is 22.9. The van der Waals surface area contributed by atoms with Gasteiger partial charge in [-0.1, -0.05) is 54.6 Å². The third kappa shape index (κ3) is 4.98. The molecule has 4 rings (SSSR count). The van der Waals surface area contributed by atoms with Gasteiger partial charge in [-0.2, -0.15) is 0 Å². The first-order chi connectivity index (χ1) is 15.1. The zero-order valence-electron chi connectivity index (χ0n) is 17.1. The minimum Gasteiger partial charge on any atom is -0.336 e. The average Bonchev–Trinajstić information content (AvgIpc) is 2.80. The summed E-state index contributed by atoms with van der Waals surface area (Å²) >= 11 is 0. The Bertz CT molecular complexity index is 1060. The summed E-state index contributed by atoms with van der Waals surface area (Å²) in [5.74, 6) is -1.31. The van der Waals surface area contributed by atoms with Crippen LogP contribution in [0.15, 0.2) is 78.9 Å². The van der Waals surface area contributed by atoms with E-state index in [1.807, 2.05) is 18.2 Å². The van der Waals surface area contributed by atoms with Gasteiger partial charge in [0.15, 0.2) is 0 Å². The molecule has 0 saturated carbocycles. The number of piperazine rings is 1. The lowest BCUT2D eigenvalue weighted by atomic mass is 10.1. The first-order valence-electron chi connectivity index (χ1n) is 10.3.